The summed E-state index contributed by atoms with van der Waals surface area (Å²) >= 11 is 1.63. The normalized spacial score (nSPS) is 20.1. The van der Waals surface area contributed by atoms with Gasteiger partial charge in [-0.15, -0.1) is 0 Å². The van der Waals surface area contributed by atoms with Crippen LogP contribution in [0, 0.1) is 0 Å². The van der Waals surface area contributed by atoms with Crippen molar-refractivity contribution in [3.63, 3.8) is 0 Å². The summed E-state index contributed by atoms with van der Waals surface area (Å²) in [6.45, 7) is 0. The summed E-state index contributed by atoms with van der Waals surface area (Å²) in [4.78, 5) is 3.68. The summed E-state index contributed by atoms with van der Waals surface area (Å²) in [6.07, 6.45) is -4.03. The summed E-state index contributed by atoms with van der Waals surface area (Å²) in [7, 11) is 0. The predicted octanol–water partition coefficient (Wildman–Crippen LogP) is 4.68. The van der Waals surface area contributed by atoms with Crippen LogP contribution in [0.5, 0.6) is 5.75 Å². The Kier molecular flexibility index (Phi) is 5.09. The van der Waals surface area contributed by atoms with Crippen molar-refractivity contribution in [3.05, 3.63) is 70.7 Å². The fraction of sp³-hybridized carbons (Fsp3) is 0.250. The number of hydrogen-bond donors (Lipinski definition) is 2. The monoisotopic (exact) mass is 406 g/mol. The number of thiophene rings is 1. The number of aromatic hydroxyl groups is 1. The lowest BCUT2D eigenvalue weighted by molar-refractivity contribution is -0.160. The van der Waals surface area contributed by atoms with Crippen molar-refractivity contribution in [3.8, 4) is 16.9 Å². The molecule has 4 nitrogen and oxygen atoms in total. The smallest absolute Gasteiger partial charge is 0.409 e. The van der Waals surface area contributed by atoms with Crippen LogP contribution in [0.3, 0.4) is 0 Å². The molecule has 0 bridgehead atoms. The van der Waals surface area contributed by atoms with E-state index in [4.69, 9.17) is 4.74 Å². The molecule has 8 heteroatoms. The third kappa shape index (κ3) is 4.35. The van der Waals surface area contributed by atoms with E-state index in [2.05, 4.69) is 15.7 Å². The summed E-state index contributed by atoms with van der Waals surface area (Å²) < 4.78 is 45.6. The number of ether oxygens (including phenoxy) is 1. The van der Waals surface area contributed by atoms with Crippen LogP contribution in [-0.4, -0.2) is 28.6 Å². The van der Waals surface area contributed by atoms with Crippen LogP contribution in [0.4, 0.5) is 13.2 Å². The van der Waals surface area contributed by atoms with Crippen LogP contribution in [0.15, 0.2) is 59.4 Å². The molecule has 0 saturated carbocycles. The van der Waals surface area contributed by atoms with Crippen molar-refractivity contribution in [1.29, 1.82) is 0 Å². The van der Waals surface area contributed by atoms with Crippen molar-refractivity contribution >= 4 is 11.3 Å². The number of pyridine rings is 1. The Balaban J connectivity index is 1.38. The first-order valence-corrected chi connectivity index (χ1v) is 9.59. The standard InChI is InChI=1S/C20H17F3N2O2S/c21-20(22,23)18(16-6-5-15(26)10-24-16)25-19-17(27-19)9-12-1-3-13(4-2-12)14-7-8-28-11-14/h1-8,10-11,17-19,25-26H,9H2/t17?,18-,19?/m0/s1. The minimum absolute atomic E-state index is 0.184. The second-order valence-electron chi connectivity index (χ2n) is 6.59. The number of aromatic nitrogens is 1. The number of hydrogen-bond acceptors (Lipinski definition) is 5. The van der Waals surface area contributed by atoms with Gasteiger partial charge in [-0.3, -0.25) is 10.3 Å². The highest BCUT2D eigenvalue weighted by atomic mass is 32.1. The minimum Gasteiger partial charge on any atom is -0.506 e. The van der Waals surface area contributed by atoms with Crippen molar-refractivity contribution < 1.29 is 23.0 Å². The molecular weight excluding hydrogens is 389 g/mol. The van der Waals surface area contributed by atoms with Gasteiger partial charge in [0.15, 0.2) is 0 Å². The van der Waals surface area contributed by atoms with Crippen LogP contribution < -0.4 is 5.32 Å². The molecule has 1 aliphatic rings. The quantitative estimate of drug-likeness (QED) is 0.584. The molecule has 3 aromatic rings. The van der Waals surface area contributed by atoms with Gasteiger partial charge in [-0.25, -0.2) is 0 Å². The van der Waals surface area contributed by atoms with Crippen LogP contribution in [-0.2, 0) is 11.2 Å². The Bertz CT molecular complexity index is 912. The Labute approximate surface area is 163 Å². The second kappa shape index (κ2) is 7.54. The average molecular weight is 406 g/mol. The predicted molar refractivity (Wildman–Crippen MR) is 100.0 cm³/mol. The number of halogens is 3. The van der Waals surface area contributed by atoms with E-state index >= 15 is 0 Å². The molecule has 2 N–H and O–H groups in total. The number of rotatable bonds is 6. The number of nitrogens with one attached hydrogen (secondary N) is 1. The SMILES string of the molecule is Oc1ccc([C@H](NC2OC2Cc2ccc(-c3ccsc3)cc2)C(F)(F)F)nc1. The molecule has 3 atom stereocenters. The van der Waals surface area contributed by atoms with E-state index in [1.807, 2.05) is 35.7 Å². The van der Waals surface area contributed by atoms with Gasteiger partial charge in [-0.1, -0.05) is 24.3 Å². The molecule has 0 amide bonds. The molecule has 2 aromatic heterocycles. The average Bonchev–Trinajstić information content (AvgIpc) is 3.15. The molecule has 0 spiro atoms. The first kappa shape index (κ1) is 18.9. The molecule has 4 rings (SSSR count). The maximum absolute atomic E-state index is 13.4. The summed E-state index contributed by atoms with van der Waals surface area (Å²) in [5.74, 6) is -0.184. The lowest BCUT2D eigenvalue weighted by Gasteiger charge is -2.20. The topological polar surface area (TPSA) is 57.7 Å². The number of alkyl halides is 3. The first-order chi connectivity index (χ1) is 13.4. The van der Waals surface area contributed by atoms with Crippen molar-refractivity contribution in [2.24, 2.45) is 0 Å². The van der Waals surface area contributed by atoms with Crippen molar-refractivity contribution in [2.75, 3.05) is 0 Å². The van der Waals surface area contributed by atoms with Crippen molar-refractivity contribution in [1.82, 2.24) is 10.3 Å². The third-order valence-electron chi connectivity index (χ3n) is 4.55. The van der Waals surface area contributed by atoms with Crippen LogP contribution >= 0.6 is 11.3 Å². The summed E-state index contributed by atoms with van der Waals surface area (Å²) in [6, 6.07) is 10.4. The molecule has 0 radical (unpaired) electrons. The zero-order chi connectivity index (χ0) is 19.7. The van der Waals surface area contributed by atoms with E-state index in [-0.39, 0.29) is 17.5 Å². The molecule has 28 heavy (non-hydrogen) atoms. The van der Waals surface area contributed by atoms with Gasteiger partial charge in [-0.05, 0) is 45.6 Å². The highest BCUT2D eigenvalue weighted by Crippen LogP contribution is 2.36. The zero-order valence-electron chi connectivity index (χ0n) is 14.6. The fourth-order valence-corrected chi connectivity index (χ4v) is 3.68. The highest BCUT2D eigenvalue weighted by Gasteiger charge is 2.48. The molecule has 1 aromatic carbocycles. The molecule has 0 aliphatic carbocycles. The van der Waals surface area contributed by atoms with Gasteiger partial charge in [0, 0.05) is 6.42 Å². The Hall–Kier alpha value is -2.42. The van der Waals surface area contributed by atoms with Gasteiger partial charge < -0.3 is 9.84 Å². The summed E-state index contributed by atoms with van der Waals surface area (Å²) in [5.41, 5.74) is 3.04. The van der Waals surface area contributed by atoms with E-state index in [0.29, 0.717) is 6.42 Å². The van der Waals surface area contributed by atoms with Crippen LogP contribution in [0.2, 0.25) is 0 Å². The first-order valence-electron chi connectivity index (χ1n) is 8.65. The van der Waals surface area contributed by atoms with Gasteiger partial charge >= 0.3 is 6.18 Å². The zero-order valence-corrected chi connectivity index (χ0v) is 15.4. The molecule has 1 aliphatic heterocycles. The molecule has 3 heterocycles. The van der Waals surface area contributed by atoms with Crippen molar-refractivity contribution in [2.45, 2.75) is 31.0 Å². The Morgan fingerprint density at radius 3 is 2.50 bits per heavy atom. The fourth-order valence-electron chi connectivity index (χ4n) is 3.02. The molecule has 2 unspecified atom stereocenters. The second-order valence-corrected chi connectivity index (χ2v) is 7.37. The third-order valence-corrected chi connectivity index (χ3v) is 5.24. The van der Waals surface area contributed by atoms with E-state index < -0.39 is 18.4 Å². The highest BCUT2D eigenvalue weighted by molar-refractivity contribution is 7.08. The van der Waals surface area contributed by atoms with E-state index in [1.165, 1.54) is 6.07 Å². The summed E-state index contributed by atoms with van der Waals surface area (Å²) in [5, 5.41) is 15.8. The van der Waals surface area contributed by atoms with Gasteiger partial charge in [-0.2, -0.15) is 24.5 Å². The Morgan fingerprint density at radius 2 is 1.89 bits per heavy atom. The van der Waals surface area contributed by atoms with E-state index in [0.717, 1.165) is 29.0 Å². The van der Waals surface area contributed by atoms with Gasteiger partial charge in [0.2, 0.25) is 0 Å². The van der Waals surface area contributed by atoms with Gasteiger partial charge in [0.1, 0.15) is 24.1 Å². The number of epoxide rings is 1. The van der Waals surface area contributed by atoms with Crippen LogP contribution in [0.25, 0.3) is 11.1 Å². The molecule has 1 fully saturated rings. The molecule has 146 valence electrons. The van der Waals surface area contributed by atoms with E-state index in [1.54, 1.807) is 11.3 Å². The van der Waals surface area contributed by atoms with E-state index in [9.17, 15) is 18.3 Å². The maximum Gasteiger partial charge on any atom is 0.409 e. The number of nitrogens with zero attached hydrogens (tertiary/aromatic N) is 1. The minimum atomic E-state index is -4.53. The lowest BCUT2D eigenvalue weighted by Crippen LogP contribution is -2.37. The Morgan fingerprint density at radius 1 is 1.11 bits per heavy atom. The van der Waals surface area contributed by atoms with Gasteiger partial charge in [0.25, 0.3) is 0 Å². The molecular formula is C20H17F3N2O2S. The maximum atomic E-state index is 13.4. The largest absolute Gasteiger partial charge is 0.506 e. The molecule has 1 saturated heterocycles. The van der Waals surface area contributed by atoms with Gasteiger partial charge in [0.05, 0.1) is 11.9 Å². The van der Waals surface area contributed by atoms with Crippen LogP contribution in [0.1, 0.15) is 17.3 Å². The lowest BCUT2D eigenvalue weighted by atomic mass is 10.0. The number of benzene rings is 1.